The molecule has 3 heteroatoms. The van der Waals surface area contributed by atoms with Crippen LogP contribution in [0, 0.1) is 0 Å². The third-order valence-corrected chi connectivity index (χ3v) is 1.25. The zero-order valence-corrected chi connectivity index (χ0v) is 5.72. The van der Waals surface area contributed by atoms with Crippen LogP contribution < -0.4 is 4.34 Å². The minimum absolute atomic E-state index is 1.01. The third-order valence-electron chi connectivity index (χ3n) is 0.789. The highest BCUT2D eigenvalue weighted by atomic mass is 79.9. The number of hydrogen-bond acceptors (Lipinski definition) is 2. The fourth-order valence-electron chi connectivity index (χ4n) is 0.415. The minimum Gasteiger partial charge on any atom is -0.322 e. The molecule has 1 rings (SSSR count). The molecule has 0 aromatic carbocycles. The van der Waals surface area contributed by atoms with Crippen LogP contribution >= 0.6 is 16.1 Å². The van der Waals surface area contributed by atoms with E-state index in [-0.39, 0.29) is 0 Å². The normalized spacial score (nSPS) is 8.62. The van der Waals surface area contributed by atoms with Gasteiger partial charge in [0.2, 0.25) is 0 Å². The highest BCUT2D eigenvalue weighted by Gasteiger charge is 1.80. The summed E-state index contributed by atoms with van der Waals surface area (Å²) < 4.78 is 2.80. The maximum absolute atomic E-state index is 3.83. The number of pyridine rings is 1. The monoisotopic (exact) mass is 172 g/mol. The molecular weight excluding hydrogens is 168 g/mol. The zero-order chi connectivity index (χ0) is 5.82. The van der Waals surface area contributed by atoms with Crippen molar-refractivity contribution in [2.75, 3.05) is 4.34 Å². The van der Waals surface area contributed by atoms with E-state index in [1.807, 2.05) is 12.1 Å². The van der Waals surface area contributed by atoms with Crippen molar-refractivity contribution in [1.82, 2.24) is 4.98 Å². The number of hydrogen-bond donors (Lipinski definition) is 1. The first-order chi connectivity index (χ1) is 3.93. The molecule has 0 saturated carbocycles. The lowest BCUT2D eigenvalue weighted by molar-refractivity contribution is 1.33. The Morgan fingerprint density at radius 2 is 2.00 bits per heavy atom. The Kier molecular flexibility index (Phi) is 1.86. The van der Waals surface area contributed by atoms with Crippen LogP contribution in [0.15, 0.2) is 24.5 Å². The van der Waals surface area contributed by atoms with Gasteiger partial charge in [0.05, 0.1) is 0 Å². The largest absolute Gasteiger partial charge is 0.322 e. The Labute approximate surface area is 56.3 Å². The van der Waals surface area contributed by atoms with Crippen molar-refractivity contribution in [2.45, 2.75) is 0 Å². The smallest absolute Gasteiger partial charge is 0.0471 e. The summed E-state index contributed by atoms with van der Waals surface area (Å²) in [5.41, 5.74) is 1.01. The van der Waals surface area contributed by atoms with Gasteiger partial charge >= 0.3 is 0 Å². The highest BCUT2D eigenvalue weighted by molar-refractivity contribution is 9.10. The van der Waals surface area contributed by atoms with Gasteiger partial charge in [0.1, 0.15) is 0 Å². The molecule has 0 aliphatic heterocycles. The van der Waals surface area contributed by atoms with Crippen molar-refractivity contribution < 1.29 is 0 Å². The molecule has 0 aliphatic carbocycles. The van der Waals surface area contributed by atoms with E-state index in [0.29, 0.717) is 0 Å². The van der Waals surface area contributed by atoms with E-state index in [1.165, 1.54) is 0 Å². The van der Waals surface area contributed by atoms with Gasteiger partial charge in [-0.3, -0.25) is 4.98 Å². The molecule has 0 fully saturated rings. The molecule has 1 heterocycles. The number of nitrogens with zero attached hydrogens (tertiary/aromatic N) is 1. The SMILES string of the molecule is BrNc1ccncc1. The van der Waals surface area contributed by atoms with Gasteiger partial charge in [-0.2, -0.15) is 0 Å². The summed E-state index contributed by atoms with van der Waals surface area (Å²) in [6.45, 7) is 0. The van der Waals surface area contributed by atoms with E-state index in [9.17, 15) is 0 Å². The minimum atomic E-state index is 1.01. The molecule has 0 radical (unpaired) electrons. The molecule has 8 heavy (non-hydrogen) atoms. The fourth-order valence-corrected chi connectivity index (χ4v) is 0.679. The lowest BCUT2D eigenvalue weighted by atomic mass is 10.4. The van der Waals surface area contributed by atoms with Gasteiger partial charge in [0, 0.05) is 34.2 Å². The Morgan fingerprint density at radius 3 is 2.38 bits per heavy atom. The van der Waals surface area contributed by atoms with Crippen molar-refractivity contribution in [3.63, 3.8) is 0 Å². The first kappa shape index (κ1) is 5.56. The van der Waals surface area contributed by atoms with E-state index >= 15 is 0 Å². The van der Waals surface area contributed by atoms with Crippen LogP contribution in [0.5, 0.6) is 0 Å². The highest BCUT2D eigenvalue weighted by Crippen LogP contribution is 2.03. The first-order valence-corrected chi connectivity index (χ1v) is 2.99. The molecule has 1 aromatic heterocycles. The Balaban J connectivity index is 2.83. The lowest BCUT2D eigenvalue weighted by Crippen LogP contribution is -1.76. The van der Waals surface area contributed by atoms with Crippen LogP contribution in [-0.2, 0) is 0 Å². The first-order valence-electron chi connectivity index (χ1n) is 2.20. The quantitative estimate of drug-likeness (QED) is 0.655. The van der Waals surface area contributed by atoms with Crippen molar-refractivity contribution in [3.05, 3.63) is 24.5 Å². The van der Waals surface area contributed by atoms with Gasteiger partial charge in [0.25, 0.3) is 0 Å². The Morgan fingerprint density at radius 1 is 1.38 bits per heavy atom. The predicted octanol–water partition coefficient (Wildman–Crippen LogP) is 1.80. The predicted molar refractivity (Wildman–Crippen MR) is 36.8 cm³/mol. The average molecular weight is 173 g/mol. The van der Waals surface area contributed by atoms with E-state index in [2.05, 4.69) is 25.5 Å². The molecule has 0 spiro atoms. The standard InChI is InChI=1S/C5H5BrN2/c6-8-5-1-3-7-4-2-5/h1-4H,(H,7,8). The maximum atomic E-state index is 3.83. The second kappa shape index (κ2) is 2.67. The summed E-state index contributed by atoms with van der Waals surface area (Å²) in [5, 5.41) is 0. The van der Waals surface area contributed by atoms with Crippen LogP contribution in [0.3, 0.4) is 0 Å². The summed E-state index contributed by atoms with van der Waals surface area (Å²) in [4.78, 5) is 3.83. The Bertz CT molecular complexity index is 152. The van der Waals surface area contributed by atoms with E-state index in [1.54, 1.807) is 12.4 Å². The van der Waals surface area contributed by atoms with E-state index < -0.39 is 0 Å². The molecule has 0 unspecified atom stereocenters. The summed E-state index contributed by atoms with van der Waals surface area (Å²) in [7, 11) is 0. The fraction of sp³-hybridized carbons (Fsp3) is 0. The second-order valence-electron chi connectivity index (χ2n) is 1.33. The van der Waals surface area contributed by atoms with Gasteiger partial charge < -0.3 is 4.34 Å². The van der Waals surface area contributed by atoms with Gasteiger partial charge in [0.15, 0.2) is 0 Å². The molecule has 2 nitrogen and oxygen atoms in total. The van der Waals surface area contributed by atoms with Gasteiger partial charge in [-0.15, -0.1) is 0 Å². The topological polar surface area (TPSA) is 24.9 Å². The second-order valence-corrected chi connectivity index (χ2v) is 1.73. The molecule has 42 valence electrons. The molecule has 0 amide bonds. The summed E-state index contributed by atoms with van der Waals surface area (Å²) >= 11 is 3.08. The summed E-state index contributed by atoms with van der Waals surface area (Å²) in [6, 6.07) is 3.74. The summed E-state index contributed by atoms with van der Waals surface area (Å²) in [6.07, 6.45) is 3.45. The number of rotatable bonds is 1. The molecule has 1 aromatic rings. The van der Waals surface area contributed by atoms with Gasteiger partial charge in [-0.05, 0) is 12.1 Å². The number of anilines is 1. The zero-order valence-electron chi connectivity index (χ0n) is 4.13. The molecule has 0 aliphatic rings. The van der Waals surface area contributed by atoms with Gasteiger partial charge in [-0.1, -0.05) is 0 Å². The van der Waals surface area contributed by atoms with Crippen LogP contribution in [0.25, 0.3) is 0 Å². The number of aromatic nitrogens is 1. The summed E-state index contributed by atoms with van der Waals surface area (Å²) in [5.74, 6) is 0. The van der Waals surface area contributed by atoms with Crippen LogP contribution in [0.4, 0.5) is 5.69 Å². The average Bonchev–Trinajstić information content (AvgIpc) is 1.90. The van der Waals surface area contributed by atoms with Gasteiger partial charge in [-0.25, -0.2) is 0 Å². The van der Waals surface area contributed by atoms with Crippen molar-refractivity contribution in [3.8, 4) is 0 Å². The maximum Gasteiger partial charge on any atom is 0.0471 e. The number of nitrogens with one attached hydrogen (secondary N) is 1. The van der Waals surface area contributed by atoms with Crippen molar-refractivity contribution in [1.29, 1.82) is 0 Å². The number of halogens is 1. The Hall–Kier alpha value is -0.570. The lowest BCUT2D eigenvalue weighted by Gasteiger charge is -1.91. The van der Waals surface area contributed by atoms with Crippen molar-refractivity contribution in [2.24, 2.45) is 0 Å². The molecule has 1 N–H and O–H groups in total. The third kappa shape index (κ3) is 1.20. The molecule has 0 bridgehead atoms. The van der Waals surface area contributed by atoms with Crippen LogP contribution in [0.1, 0.15) is 0 Å². The molecule has 0 atom stereocenters. The van der Waals surface area contributed by atoms with E-state index in [4.69, 9.17) is 0 Å². The van der Waals surface area contributed by atoms with E-state index in [0.717, 1.165) is 5.69 Å². The van der Waals surface area contributed by atoms with Crippen molar-refractivity contribution >= 4 is 21.8 Å². The molecular formula is C5H5BrN2. The van der Waals surface area contributed by atoms with Crippen LogP contribution in [-0.4, -0.2) is 4.98 Å². The van der Waals surface area contributed by atoms with Crippen LogP contribution in [0.2, 0.25) is 0 Å². The molecule has 0 saturated heterocycles.